The smallest absolute Gasteiger partial charge is 0.253 e. The predicted molar refractivity (Wildman–Crippen MR) is 80.3 cm³/mol. The topological polar surface area (TPSA) is 101 Å². The number of nitrogens with one attached hydrogen (secondary N) is 2. The van der Waals surface area contributed by atoms with Gasteiger partial charge in [0, 0.05) is 12.1 Å². The van der Waals surface area contributed by atoms with Crippen molar-refractivity contribution in [3.8, 4) is 0 Å². The molecule has 0 unspecified atom stereocenters. The summed E-state index contributed by atoms with van der Waals surface area (Å²) in [6.07, 6.45) is 1.06. The SMILES string of the molecule is CC(C)(CNC(=O)c1cccc(Cl)c1N)NS(C)(=O)=O. The van der Waals surface area contributed by atoms with Crippen LogP contribution in [-0.2, 0) is 10.0 Å². The second kappa shape index (κ2) is 5.99. The third-order valence-electron chi connectivity index (χ3n) is 2.45. The van der Waals surface area contributed by atoms with Crippen LogP contribution in [0.25, 0.3) is 0 Å². The first-order valence-corrected chi connectivity index (χ1v) is 8.10. The molecule has 0 bridgehead atoms. The first-order chi connectivity index (χ1) is 9.02. The van der Waals surface area contributed by atoms with E-state index in [0.29, 0.717) is 5.02 Å². The number of carbonyl (C=O) groups excluding carboxylic acids is 1. The zero-order chi connectivity index (χ0) is 15.6. The number of nitrogen functional groups attached to an aromatic ring is 1. The van der Waals surface area contributed by atoms with Gasteiger partial charge in [-0.2, -0.15) is 0 Å². The Morgan fingerprint density at radius 3 is 2.55 bits per heavy atom. The molecule has 0 radical (unpaired) electrons. The molecule has 0 aliphatic heterocycles. The van der Waals surface area contributed by atoms with Crippen molar-refractivity contribution in [3.05, 3.63) is 28.8 Å². The molecule has 20 heavy (non-hydrogen) atoms. The summed E-state index contributed by atoms with van der Waals surface area (Å²) in [6.45, 7) is 3.44. The number of carbonyl (C=O) groups is 1. The standard InChI is InChI=1S/C12H18ClN3O3S/c1-12(2,16-20(3,18)19)7-15-11(17)8-5-4-6-9(13)10(8)14/h4-6,16H,7,14H2,1-3H3,(H,15,17). The highest BCUT2D eigenvalue weighted by Crippen LogP contribution is 2.22. The van der Waals surface area contributed by atoms with Gasteiger partial charge in [-0.3, -0.25) is 4.79 Å². The number of anilines is 1. The average molecular weight is 320 g/mol. The zero-order valence-electron chi connectivity index (χ0n) is 11.5. The van der Waals surface area contributed by atoms with E-state index in [4.69, 9.17) is 17.3 Å². The minimum Gasteiger partial charge on any atom is -0.397 e. The normalized spacial score (nSPS) is 12.2. The molecule has 0 saturated carbocycles. The fourth-order valence-electron chi connectivity index (χ4n) is 1.67. The Kier molecular flexibility index (Phi) is 5.01. The fourth-order valence-corrected chi connectivity index (χ4v) is 2.92. The molecular formula is C12H18ClN3O3S. The second-order valence-corrected chi connectivity index (χ2v) is 7.30. The highest BCUT2D eigenvalue weighted by molar-refractivity contribution is 7.88. The van der Waals surface area contributed by atoms with Crippen LogP contribution in [0.5, 0.6) is 0 Å². The van der Waals surface area contributed by atoms with Gasteiger partial charge in [-0.05, 0) is 26.0 Å². The maximum atomic E-state index is 12.0. The van der Waals surface area contributed by atoms with Crippen molar-refractivity contribution >= 4 is 33.2 Å². The summed E-state index contributed by atoms with van der Waals surface area (Å²) in [5, 5.41) is 2.92. The summed E-state index contributed by atoms with van der Waals surface area (Å²) in [4.78, 5) is 12.0. The van der Waals surface area contributed by atoms with Crippen molar-refractivity contribution in [1.29, 1.82) is 0 Å². The van der Waals surface area contributed by atoms with E-state index in [2.05, 4.69) is 10.0 Å². The monoisotopic (exact) mass is 319 g/mol. The van der Waals surface area contributed by atoms with Gasteiger partial charge in [0.2, 0.25) is 10.0 Å². The third kappa shape index (κ3) is 4.99. The van der Waals surface area contributed by atoms with Crippen molar-refractivity contribution in [3.63, 3.8) is 0 Å². The summed E-state index contributed by atoms with van der Waals surface area (Å²) < 4.78 is 24.8. The molecule has 1 aromatic rings. The predicted octanol–water partition coefficient (Wildman–Crippen LogP) is 0.980. The number of benzene rings is 1. The zero-order valence-corrected chi connectivity index (χ0v) is 13.1. The molecule has 0 saturated heterocycles. The molecule has 1 rings (SSSR count). The van der Waals surface area contributed by atoms with Gasteiger partial charge in [0.25, 0.3) is 5.91 Å². The Bertz CT molecular complexity index is 614. The second-order valence-electron chi connectivity index (χ2n) is 5.14. The van der Waals surface area contributed by atoms with E-state index < -0.39 is 21.5 Å². The van der Waals surface area contributed by atoms with Gasteiger partial charge in [-0.1, -0.05) is 17.7 Å². The summed E-state index contributed by atoms with van der Waals surface area (Å²) in [5.41, 5.74) is 5.36. The van der Waals surface area contributed by atoms with Gasteiger partial charge in [-0.25, -0.2) is 13.1 Å². The lowest BCUT2D eigenvalue weighted by molar-refractivity contribution is 0.0945. The van der Waals surface area contributed by atoms with Crippen LogP contribution >= 0.6 is 11.6 Å². The van der Waals surface area contributed by atoms with Crippen LogP contribution in [0.3, 0.4) is 0 Å². The minimum absolute atomic E-state index is 0.116. The number of amides is 1. The summed E-state index contributed by atoms with van der Waals surface area (Å²) in [5.74, 6) is -0.409. The van der Waals surface area contributed by atoms with Crippen LogP contribution in [0, 0.1) is 0 Å². The van der Waals surface area contributed by atoms with Crippen molar-refractivity contribution in [2.45, 2.75) is 19.4 Å². The molecule has 1 amide bonds. The number of halogens is 1. The van der Waals surface area contributed by atoms with Crippen LogP contribution < -0.4 is 15.8 Å². The lowest BCUT2D eigenvalue weighted by Crippen LogP contribution is -2.51. The van der Waals surface area contributed by atoms with Crippen LogP contribution in [0.2, 0.25) is 5.02 Å². The molecule has 0 aliphatic rings. The number of rotatable bonds is 5. The van der Waals surface area contributed by atoms with Crippen molar-refractivity contribution < 1.29 is 13.2 Å². The first kappa shape index (κ1) is 16.7. The molecule has 112 valence electrons. The Labute approximate surface area is 123 Å². The van der Waals surface area contributed by atoms with Crippen molar-refractivity contribution in [2.75, 3.05) is 18.5 Å². The lowest BCUT2D eigenvalue weighted by atomic mass is 10.1. The first-order valence-electron chi connectivity index (χ1n) is 5.83. The molecule has 1 aromatic carbocycles. The largest absolute Gasteiger partial charge is 0.397 e. The summed E-state index contributed by atoms with van der Waals surface area (Å²) >= 11 is 5.84. The van der Waals surface area contributed by atoms with Crippen molar-refractivity contribution in [2.24, 2.45) is 0 Å². The fraction of sp³-hybridized carbons (Fsp3) is 0.417. The molecule has 0 fully saturated rings. The van der Waals surface area contributed by atoms with E-state index in [-0.39, 0.29) is 17.8 Å². The lowest BCUT2D eigenvalue weighted by Gasteiger charge is -2.25. The van der Waals surface area contributed by atoms with E-state index in [1.807, 2.05) is 0 Å². The highest BCUT2D eigenvalue weighted by atomic mass is 35.5. The Balaban J connectivity index is 2.75. The summed E-state index contributed by atoms with van der Waals surface area (Å²) in [7, 11) is -3.36. The van der Waals surface area contributed by atoms with Gasteiger partial charge >= 0.3 is 0 Å². The molecule has 0 heterocycles. The number of hydrogen-bond donors (Lipinski definition) is 3. The van der Waals surface area contributed by atoms with E-state index in [1.165, 1.54) is 0 Å². The number of hydrogen-bond acceptors (Lipinski definition) is 4. The number of nitrogens with two attached hydrogens (primary N) is 1. The molecule has 8 heteroatoms. The van der Waals surface area contributed by atoms with E-state index in [1.54, 1.807) is 32.0 Å². The number of sulfonamides is 1. The highest BCUT2D eigenvalue weighted by Gasteiger charge is 2.23. The van der Waals surface area contributed by atoms with Crippen LogP contribution in [0.1, 0.15) is 24.2 Å². The Hall–Kier alpha value is -1.31. The minimum atomic E-state index is -3.36. The molecule has 0 aliphatic carbocycles. The molecule has 0 atom stereocenters. The van der Waals surface area contributed by atoms with Crippen molar-refractivity contribution in [1.82, 2.24) is 10.0 Å². The van der Waals surface area contributed by atoms with Gasteiger partial charge in [-0.15, -0.1) is 0 Å². The number of para-hydroxylation sites is 1. The maximum Gasteiger partial charge on any atom is 0.253 e. The van der Waals surface area contributed by atoms with Crippen LogP contribution in [0.15, 0.2) is 18.2 Å². The quantitative estimate of drug-likeness (QED) is 0.704. The third-order valence-corrected chi connectivity index (χ3v) is 3.70. The van der Waals surface area contributed by atoms with Crippen LogP contribution in [0.4, 0.5) is 5.69 Å². The van der Waals surface area contributed by atoms with Gasteiger partial charge < -0.3 is 11.1 Å². The van der Waals surface area contributed by atoms with E-state index in [0.717, 1.165) is 6.26 Å². The maximum absolute atomic E-state index is 12.0. The van der Waals surface area contributed by atoms with Gasteiger partial charge in [0.05, 0.1) is 22.5 Å². The average Bonchev–Trinajstić information content (AvgIpc) is 2.27. The Morgan fingerprint density at radius 2 is 2.00 bits per heavy atom. The van der Waals surface area contributed by atoms with E-state index in [9.17, 15) is 13.2 Å². The molecule has 0 spiro atoms. The molecule has 6 nitrogen and oxygen atoms in total. The molecular weight excluding hydrogens is 302 g/mol. The van der Waals surface area contributed by atoms with E-state index >= 15 is 0 Å². The molecule has 4 N–H and O–H groups in total. The van der Waals surface area contributed by atoms with Gasteiger partial charge in [0.15, 0.2) is 0 Å². The van der Waals surface area contributed by atoms with Gasteiger partial charge in [0.1, 0.15) is 0 Å². The summed E-state index contributed by atoms with van der Waals surface area (Å²) in [6, 6.07) is 4.75. The Morgan fingerprint density at radius 1 is 1.40 bits per heavy atom. The van der Waals surface area contributed by atoms with Crippen LogP contribution in [-0.4, -0.2) is 32.7 Å². The molecule has 0 aromatic heterocycles.